The summed E-state index contributed by atoms with van der Waals surface area (Å²) < 4.78 is 12.5. The van der Waals surface area contributed by atoms with E-state index in [1.165, 1.54) is 0 Å². The smallest absolute Gasteiger partial charge is 0.338 e. The summed E-state index contributed by atoms with van der Waals surface area (Å²) in [5.41, 5.74) is -0.279. The molecule has 0 aliphatic rings. The number of carboxylic acid groups (broad SMARTS) is 2. The van der Waals surface area contributed by atoms with Crippen LogP contribution >= 0.6 is 0 Å². The number of hydrogen-bond donors (Lipinski definition) is 3. The Kier molecular flexibility index (Phi) is 3.70. The van der Waals surface area contributed by atoms with Crippen molar-refractivity contribution in [3.8, 4) is 0 Å². The minimum Gasteiger partial charge on any atom is -0.479 e. The Morgan fingerprint density at radius 2 is 1.82 bits per heavy atom. The fourth-order valence-electron chi connectivity index (χ4n) is 0.944. The molecule has 8 heteroatoms. The molecule has 1 rings (SSSR count). The van der Waals surface area contributed by atoms with Crippen molar-refractivity contribution < 1.29 is 29.0 Å². The first-order valence-electron chi connectivity index (χ1n) is 4.30. The van der Waals surface area contributed by atoms with Crippen LogP contribution in [0.3, 0.4) is 0 Å². The molecule has 1 aromatic heterocycles. The summed E-state index contributed by atoms with van der Waals surface area (Å²) in [7, 11) is 0. The van der Waals surface area contributed by atoms with Gasteiger partial charge in [0, 0.05) is 0 Å². The lowest BCUT2D eigenvalue weighted by atomic mass is 10.2. The van der Waals surface area contributed by atoms with Gasteiger partial charge in [-0.25, -0.2) is 19.0 Å². The Morgan fingerprint density at radius 3 is 2.24 bits per heavy atom. The van der Waals surface area contributed by atoms with Gasteiger partial charge < -0.3 is 15.5 Å². The van der Waals surface area contributed by atoms with Crippen molar-refractivity contribution in [2.45, 2.75) is 6.04 Å². The first-order chi connectivity index (χ1) is 7.91. The highest BCUT2D eigenvalue weighted by molar-refractivity contribution is 6.03. The molecule has 17 heavy (non-hydrogen) atoms. The molecule has 0 bridgehead atoms. The van der Waals surface area contributed by atoms with Gasteiger partial charge in [0.1, 0.15) is 11.5 Å². The average molecular weight is 242 g/mol. The largest absolute Gasteiger partial charge is 0.479 e. The van der Waals surface area contributed by atoms with Crippen LogP contribution < -0.4 is 5.32 Å². The first-order valence-corrected chi connectivity index (χ1v) is 4.30. The number of carbonyl (C=O) groups is 3. The Bertz CT molecular complexity index is 445. The van der Waals surface area contributed by atoms with E-state index in [2.05, 4.69) is 4.98 Å². The van der Waals surface area contributed by atoms with Gasteiger partial charge in [0.15, 0.2) is 0 Å². The molecule has 1 aromatic rings. The van der Waals surface area contributed by atoms with E-state index in [0.717, 1.165) is 18.3 Å². The molecule has 1 amide bonds. The van der Waals surface area contributed by atoms with E-state index in [1.54, 1.807) is 5.32 Å². The van der Waals surface area contributed by atoms with Crippen LogP contribution in [0.2, 0.25) is 0 Å². The highest BCUT2D eigenvalue weighted by Crippen LogP contribution is 1.99. The molecule has 0 aliphatic carbocycles. The third kappa shape index (κ3) is 3.23. The van der Waals surface area contributed by atoms with E-state index in [4.69, 9.17) is 10.2 Å². The van der Waals surface area contributed by atoms with Crippen molar-refractivity contribution in [2.24, 2.45) is 0 Å². The minimum atomic E-state index is -2.07. The van der Waals surface area contributed by atoms with Gasteiger partial charge >= 0.3 is 11.9 Å². The van der Waals surface area contributed by atoms with E-state index in [0.29, 0.717) is 0 Å². The van der Waals surface area contributed by atoms with Crippen LogP contribution in [0.1, 0.15) is 10.5 Å². The predicted octanol–water partition coefficient (Wildman–Crippen LogP) is -0.512. The van der Waals surface area contributed by atoms with E-state index < -0.39 is 29.7 Å². The van der Waals surface area contributed by atoms with Crippen molar-refractivity contribution in [3.05, 3.63) is 29.8 Å². The SMILES string of the molecule is O=C(NC(C(=O)O)C(=O)O)c1ccc(F)cn1. The lowest BCUT2D eigenvalue weighted by molar-refractivity contribution is -0.150. The Labute approximate surface area is 93.9 Å². The lowest BCUT2D eigenvalue weighted by Crippen LogP contribution is -2.46. The minimum absolute atomic E-state index is 0.279. The quantitative estimate of drug-likeness (QED) is 0.612. The second kappa shape index (κ2) is 5.01. The zero-order valence-electron chi connectivity index (χ0n) is 8.25. The number of nitrogens with one attached hydrogen (secondary N) is 1. The number of pyridine rings is 1. The van der Waals surface area contributed by atoms with Crippen LogP contribution in [0.15, 0.2) is 18.3 Å². The average Bonchev–Trinajstić information content (AvgIpc) is 2.25. The number of carboxylic acids is 2. The number of aromatic nitrogens is 1. The van der Waals surface area contributed by atoms with Crippen LogP contribution in [-0.4, -0.2) is 39.1 Å². The number of hydrogen-bond acceptors (Lipinski definition) is 4. The van der Waals surface area contributed by atoms with Crippen molar-refractivity contribution in [2.75, 3.05) is 0 Å². The van der Waals surface area contributed by atoms with Crippen molar-refractivity contribution in [1.82, 2.24) is 10.3 Å². The molecule has 3 N–H and O–H groups in total. The third-order valence-corrected chi connectivity index (χ3v) is 1.73. The van der Waals surface area contributed by atoms with Gasteiger partial charge in [-0.2, -0.15) is 0 Å². The predicted molar refractivity (Wildman–Crippen MR) is 50.7 cm³/mol. The van der Waals surface area contributed by atoms with Gasteiger partial charge in [-0.1, -0.05) is 0 Å². The van der Waals surface area contributed by atoms with Crippen molar-refractivity contribution in [3.63, 3.8) is 0 Å². The molecule has 0 aromatic carbocycles. The number of aliphatic carboxylic acids is 2. The summed E-state index contributed by atoms with van der Waals surface area (Å²) in [4.78, 5) is 35.7. The van der Waals surface area contributed by atoms with Crippen molar-refractivity contribution >= 4 is 17.8 Å². The summed E-state index contributed by atoms with van der Waals surface area (Å²) in [5, 5.41) is 18.7. The van der Waals surface area contributed by atoms with Crippen molar-refractivity contribution in [1.29, 1.82) is 0 Å². The van der Waals surface area contributed by atoms with Crippen LogP contribution in [0.4, 0.5) is 4.39 Å². The number of rotatable bonds is 4. The molecule has 7 nitrogen and oxygen atoms in total. The fraction of sp³-hybridized carbons (Fsp3) is 0.111. The monoisotopic (exact) mass is 242 g/mol. The maximum atomic E-state index is 12.5. The van der Waals surface area contributed by atoms with Gasteiger partial charge in [0.2, 0.25) is 6.04 Å². The van der Waals surface area contributed by atoms with Gasteiger partial charge in [-0.05, 0) is 12.1 Å². The Morgan fingerprint density at radius 1 is 1.24 bits per heavy atom. The summed E-state index contributed by atoms with van der Waals surface area (Å²) in [6, 6.07) is -0.126. The highest BCUT2D eigenvalue weighted by Gasteiger charge is 2.28. The lowest BCUT2D eigenvalue weighted by Gasteiger charge is -2.09. The molecule has 0 saturated carbocycles. The zero-order valence-corrected chi connectivity index (χ0v) is 8.25. The summed E-state index contributed by atoms with van der Waals surface area (Å²) >= 11 is 0. The number of amides is 1. The van der Waals surface area contributed by atoms with Gasteiger partial charge in [0.05, 0.1) is 6.20 Å². The van der Waals surface area contributed by atoms with E-state index in [1.807, 2.05) is 0 Å². The maximum Gasteiger partial charge on any atom is 0.338 e. The number of nitrogens with zero attached hydrogens (tertiary/aromatic N) is 1. The molecule has 90 valence electrons. The second-order valence-corrected chi connectivity index (χ2v) is 2.94. The topological polar surface area (TPSA) is 117 Å². The zero-order chi connectivity index (χ0) is 13.0. The van der Waals surface area contributed by atoms with Crippen LogP contribution in [0.5, 0.6) is 0 Å². The first kappa shape index (κ1) is 12.6. The van der Waals surface area contributed by atoms with Gasteiger partial charge in [-0.3, -0.25) is 4.79 Å². The molecule has 0 unspecified atom stereocenters. The second-order valence-electron chi connectivity index (χ2n) is 2.94. The molecular weight excluding hydrogens is 235 g/mol. The van der Waals surface area contributed by atoms with Crippen LogP contribution in [-0.2, 0) is 9.59 Å². The molecule has 0 fully saturated rings. The number of carbonyl (C=O) groups excluding carboxylic acids is 1. The summed E-state index contributed by atoms with van der Waals surface area (Å²) in [6.45, 7) is 0. The summed E-state index contributed by atoms with van der Waals surface area (Å²) in [5.74, 6) is -5.12. The normalized spacial score (nSPS) is 10.0. The van der Waals surface area contributed by atoms with Crippen LogP contribution in [0.25, 0.3) is 0 Å². The molecular formula is C9H7FN2O5. The van der Waals surface area contributed by atoms with E-state index in [9.17, 15) is 18.8 Å². The molecule has 0 aliphatic heterocycles. The van der Waals surface area contributed by atoms with E-state index >= 15 is 0 Å². The molecule has 0 radical (unpaired) electrons. The van der Waals surface area contributed by atoms with E-state index in [-0.39, 0.29) is 5.69 Å². The maximum absolute atomic E-state index is 12.5. The molecule has 0 saturated heterocycles. The molecule has 0 atom stereocenters. The fourth-order valence-corrected chi connectivity index (χ4v) is 0.944. The molecule has 1 heterocycles. The summed E-state index contributed by atoms with van der Waals surface area (Å²) in [6.07, 6.45) is 0.755. The third-order valence-electron chi connectivity index (χ3n) is 1.73. The van der Waals surface area contributed by atoms with Gasteiger partial charge in [-0.15, -0.1) is 0 Å². The molecule has 0 spiro atoms. The van der Waals surface area contributed by atoms with Gasteiger partial charge in [0.25, 0.3) is 5.91 Å². The number of halogens is 1. The van der Waals surface area contributed by atoms with Crippen LogP contribution in [0, 0.1) is 5.82 Å². The standard InChI is InChI=1S/C9H7FN2O5/c10-4-1-2-5(11-3-4)7(13)12-6(8(14)15)9(16)17/h1-3,6H,(H,12,13)(H,14,15)(H,16,17). The Balaban J connectivity index is 2.81. The highest BCUT2D eigenvalue weighted by atomic mass is 19.1. The Hall–Kier alpha value is -2.51.